The van der Waals surface area contributed by atoms with Crippen molar-refractivity contribution in [2.24, 2.45) is 5.92 Å². The first kappa shape index (κ1) is 12.2. The fourth-order valence-electron chi connectivity index (χ4n) is 2.56. The van der Waals surface area contributed by atoms with Gasteiger partial charge in [0.15, 0.2) is 0 Å². The van der Waals surface area contributed by atoms with E-state index in [9.17, 15) is 5.11 Å². The summed E-state index contributed by atoms with van der Waals surface area (Å²) in [6.07, 6.45) is 4.05. The van der Waals surface area contributed by atoms with Crippen molar-refractivity contribution < 1.29 is 9.84 Å². The van der Waals surface area contributed by atoms with Crippen molar-refractivity contribution in [3.8, 4) is 17.0 Å². The average Bonchev–Trinajstić information content (AvgIpc) is 2.90. The Kier molecular flexibility index (Phi) is 3.25. The van der Waals surface area contributed by atoms with Gasteiger partial charge in [0, 0.05) is 37.3 Å². The van der Waals surface area contributed by atoms with Crippen LogP contribution < -0.4 is 4.74 Å². The van der Waals surface area contributed by atoms with Crippen LogP contribution in [0.1, 0.15) is 12.2 Å². The molecule has 0 spiro atoms. The van der Waals surface area contributed by atoms with E-state index in [0.717, 1.165) is 42.2 Å². The second-order valence-electron chi connectivity index (χ2n) is 5.01. The van der Waals surface area contributed by atoms with Crippen molar-refractivity contribution in [3.63, 3.8) is 0 Å². The quantitative estimate of drug-likeness (QED) is 0.917. The van der Waals surface area contributed by atoms with E-state index in [1.807, 2.05) is 24.3 Å². The Bertz CT molecular complexity index is 560. The molecule has 0 saturated heterocycles. The monoisotopic (exact) mass is 258 g/mol. The van der Waals surface area contributed by atoms with Crippen LogP contribution in [0.2, 0.25) is 0 Å². The molecule has 2 heterocycles. The molecule has 0 fully saturated rings. The Morgan fingerprint density at radius 3 is 2.84 bits per heavy atom. The molecule has 100 valence electrons. The van der Waals surface area contributed by atoms with Gasteiger partial charge in [0.05, 0.1) is 12.8 Å². The maximum absolute atomic E-state index is 9.25. The number of ether oxygens (including phenoxy) is 1. The molecule has 0 saturated carbocycles. The van der Waals surface area contributed by atoms with Gasteiger partial charge in [-0.25, -0.2) is 4.98 Å². The molecule has 0 bridgehead atoms. The molecule has 19 heavy (non-hydrogen) atoms. The second kappa shape index (κ2) is 5.05. The average molecular weight is 258 g/mol. The number of methoxy groups -OCH3 is 1. The van der Waals surface area contributed by atoms with Crippen LogP contribution >= 0.6 is 0 Å². The zero-order chi connectivity index (χ0) is 13.2. The van der Waals surface area contributed by atoms with Gasteiger partial charge in [-0.3, -0.25) is 0 Å². The van der Waals surface area contributed by atoms with Gasteiger partial charge >= 0.3 is 0 Å². The molecule has 4 nitrogen and oxygen atoms in total. The zero-order valence-corrected chi connectivity index (χ0v) is 11.0. The number of fused-ring (bicyclic) bond motifs is 1. The topological polar surface area (TPSA) is 47.3 Å². The van der Waals surface area contributed by atoms with Crippen LogP contribution in [0, 0.1) is 5.92 Å². The molecule has 0 aliphatic carbocycles. The Balaban J connectivity index is 1.88. The number of hydrogen-bond acceptors (Lipinski definition) is 3. The van der Waals surface area contributed by atoms with Crippen LogP contribution in [-0.2, 0) is 13.0 Å². The molecule has 1 aliphatic heterocycles. The smallest absolute Gasteiger partial charge is 0.118 e. The van der Waals surface area contributed by atoms with E-state index >= 15 is 0 Å². The van der Waals surface area contributed by atoms with E-state index in [1.54, 1.807) is 7.11 Å². The number of imidazole rings is 1. The summed E-state index contributed by atoms with van der Waals surface area (Å²) >= 11 is 0. The minimum Gasteiger partial charge on any atom is -0.497 e. The predicted octanol–water partition coefficient (Wildman–Crippen LogP) is 2.11. The Morgan fingerprint density at radius 1 is 1.37 bits per heavy atom. The number of aliphatic hydroxyl groups excluding tert-OH is 1. The maximum atomic E-state index is 9.25. The largest absolute Gasteiger partial charge is 0.497 e. The predicted molar refractivity (Wildman–Crippen MR) is 73.1 cm³/mol. The number of hydrogen-bond donors (Lipinski definition) is 1. The highest BCUT2D eigenvalue weighted by Crippen LogP contribution is 2.26. The molecule has 1 N–H and O–H groups in total. The summed E-state index contributed by atoms with van der Waals surface area (Å²) in [6, 6.07) is 7.95. The van der Waals surface area contributed by atoms with Crippen LogP contribution in [0.25, 0.3) is 11.3 Å². The molecule has 3 rings (SSSR count). The highest BCUT2D eigenvalue weighted by Gasteiger charge is 2.19. The normalized spacial score (nSPS) is 18.1. The number of aromatic nitrogens is 2. The Labute approximate surface area is 112 Å². The van der Waals surface area contributed by atoms with E-state index in [1.165, 1.54) is 0 Å². The van der Waals surface area contributed by atoms with E-state index in [-0.39, 0.29) is 6.61 Å². The van der Waals surface area contributed by atoms with Crippen molar-refractivity contribution >= 4 is 0 Å². The highest BCUT2D eigenvalue weighted by atomic mass is 16.5. The first-order valence-electron chi connectivity index (χ1n) is 6.61. The first-order chi connectivity index (χ1) is 9.30. The molecular formula is C15H18N2O2. The summed E-state index contributed by atoms with van der Waals surface area (Å²) in [5.41, 5.74) is 2.10. The van der Waals surface area contributed by atoms with Gasteiger partial charge in [0.25, 0.3) is 0 Å². The van der Waals surface area contributed by atoms with Crippen molar-refractivity contribution in [2.45, 2.75) is 19.4 Å². The van der Waals surface area contributed by atoms with Crippen LogP contribution in [0.5, 0.6) is 5.75 Å². The van der Waals surface area contributed by atoms with Gasteiger partial charge in [-0.15, -0.1) is 0 Å². The third-order valence-electron chi connectivity index (χ3n) is 3.73. The molecule has 1 aromatic heterocycles. The molecule has 0 radical (unpaired) electrons. The van der Waals surface area contributed by atoms with Crippen LogP contribution in [0.3, 0.4) is 0 Å². The molecule has 1 unspecified atom stereocenters. The fourth-order valence-corrected chi connectivity index (χ4v) is 2.56. The third-order valence-corrected chi connectivity index (χ3v) is 3.73. The molecule has 2 aromatic rings. The van der Waals surface area contributed by atoms with E-state index in [2.05, 4.69) is 15.7 Å². The van der Waals surface area contributed by atoms with Gasteiger partial charge < -0.3 is 14.4 Å². The maximum Gasteiger partial charge on any atom is 0.118 e. The van der Waals surface area contributed by atoms with E-state index in [4.69, 9.17) is 4.74 Å². The summed E-state index contributed by atoms with van der Waals surface area (Å²) in [5, 5.41) is 9.25. The summed E-state index contributed by atoms with van der Waals surface area (Å²) in [6.45, 7) is 1.13. The number of rotatable bonds is 3. The first-order valence-corrected chi connectivity index (χ1v) is 6.61. The number of nitrogens with zero attached hydrogens (tertiary/aromatic N) is 2. The summed E-state index contributed by atoms with van der Waals surface area (Å²) in [4.78, 5) is 4.69. The lowest BCUT2D eigenvalue weighted by Gasteiger charge is -2.21. The molecule has 1 aliphatic rings. The summed E-state index contributed by atoms with van der Waals surface area (Å²) in [7, 11) is 1.67. The lowest BCUT2D eigenvalue weighted by atomic mass is 10.0. The van der Waals surface area contributed by atoms with Gasteiger partial charge in [-0.1, -0.05) is 0 Å². The van der Waals surface area contributed by atoms with Crippen LogP contribution in [0.4, 0.5) is 0 Å². The third kappa shape index (κ3) is 2.36. The number of benzene rings is 1. The molecule has 1 aromatic carbocycles. The van der Waals surface area contributed by atoms with Gasteiger partial charge in [0.2, 0.25) is 0 Å². The molecule has 4 heteroatoms. The molecule has 0 amide bonds. The summed E-state index contributed by atoms with van der Waals surface area (Å²) < 4.78 is 7.33. The molecule has 1 atom stereocenters. The van der Waals surface area contributed by atoms with Crippen molar-refractivity contribution in [1.29, 1.82) is 0 Å². The van der Waals surface area contributed by atoms with Crippen molar-refractivity contribution in [2.75, 3.05) is 13.7 Å². The highest BCUT2D eigenvalue weighted by molar-refractivity contribution is 5.59. The van der Waals surface area contributed by atoms with Crippen LogP contribution in [0.15, 0.2) is 30.5 Å². The van der Waals surface area contributed by atoms with E-state index < -0.39 is 0 Å². The lowest BCUT2D eigenvalue weighted by Crippen LogP contribution is -2.22. The van der Waals surface area contributed by atoms with Crippen LogP contribution in [-0.4, -0.2) is 28.4 Å². The number of aliphatic hydroxyl groups is 1. The number of aryl methyl sites for hydroxylation is 1. The molecular weight excluding hydrogens is 240 g/mol. The van der Waals surface area contributed by atoms with Gasteiger partial charge in [-0.2, -0.15) is 0 Å². The van der Waals surface area contributed by atoms with Gasteiger partial charge in [-0.05, 0) is 30.7 Å². The fraction of sp³-hybridized carbons (Fsp3) is 0.400. The summed E-state index contributed by atoms with van der Waals surface area (Å²) in [5.74, 6) is 2.34. The van der Waals surface area contributed by atoms with Gasteiger partial charge in [0.1, 0.15) is 11.6 Å². The minimum atomic E-state index is 0.259. The standard InChI is InChI=1S/C15H18N2O2/c1-19-13-5-3-12(4-6-13)14-9-17-8-11(10-18)2-7-15(17)16-14/h3-6,9,11,18H,2,7-8,10H2,1H3. The van der Waals surface area contributed by atoms with E-state index in [0.29, 0.717) is 5.92 Å². The Hall–Kier alpha value is -1.81. The second-order valence-corrected chi connectivity index (χ2v) is 5.01. The van der Waals surface area contributed by atoms with Crippen molar-refractivity contribution in [3.05, 3.63) is 36.3 Å². The minimum absolute atomic E-state index is 0.259. The zero-order valence-electron chi connectivity index (χ0n) is 11.0. The van der Waals surface area contributed by atoms with Crippen molar-refractivity contribution in [1.82, 2.24) is 9.55 Å². The Morgan fingerprint density at radius 2 is 2.16 bits per heavy atom. The lowest BCUT2D eigenvalue weighted by molar-refractivity contribution is 0.190. The SMILES string of the molecule is COc1ccc(-c2cn3c(n2)CCC(CO)C3)cc1.